The van der Waals surface area contributed by atoms with Crippen LogP contribution in [0.25, 0.3) is 11.1 Å². The molecule has 0 unspecified atom stereocenters. The van der Waals surface area contributed by atoms with Crippen LogP contribution >= 0.6 is 23.5 Å². The highest BCUT2D eigenvalue weighted by molar-refractivity contribution is 7.99. The molecule has 41 heavy (non-hydrogen) atoms. The molecule has 1 fully saturated rings. The lowest BCUT2D eigenvalue weighted by atomic mass is 9.85. The molecule has 0 aliphatic heterocycles. The number of thioether (sulfide) groups is 2. The SMILES string of the molecule is CCCCSC[C@H](CC1CCCCC1)OCc1ccc(C(=O)N[C@@H](CCSC)C(=O)OC)c(-c2ccccc2C)c1. The summed E-state index contributed by atoms with van der Waals surface area (Å²) < 4.78 is 11.6. The lowest BCUT2D eigenvalue weighted by molar-refractivity contribution is -0.142. The second kappa shape index (κ2) is 18.6. The van der Waals surface area contributed by atoms with Crippen molar-refractivity contribution in [1.82, 2.24) is 5.32 Å². The summed E-state index contributed by atoms with van der Waals surface area (Å²) in [5.41, 5.74) is 4.56. The summed E-state index contributed by atoms with van der Waals surface area (Å²) in [7, 11) is 1.36. The van der Waals surface area contributed by atoms with Crippen LogP contribution in [-0.4, -0.2) is 54.6 Å². The molecule has 2 aromatic carbocycles. The third-order valence-corrected chi connectivity index (χ3v) is 9.75. The minimum absolute atomic E-state index is 0.238. The number of benzene rings is 2. The minimum Gasteiger partial charge on any atom is -0.467 e. The molecular weight excluding hydrogens is 551 g/mol. The first-order valence-electron chi connectivity index (χ1n) is 15.2. The molecule has 2 atom stereocenters. The average molecular weight is 600 g/mol. The largest absolute Gasteiger partial charge is 0.467 e. The van der Waals surface area contributed by atoms with Gasteiger partial charge >= 0.3 is 5.97 Å². The number of nitrogens with one attached hydrogen (secondary N) is 1. The van der Waals surface area contributed by atoms with Gasteiger partial charge in [-0.3, -0.25) is 4.79 Å². The highest BCUT2D eigenvalue weighted by atomic mass is 32.2. The van der Waals surface area contributed by atoms with Crippen LogP contribution in [0, 0.1) is 12.8 Å². The Morgan fingerprint density at radius 3 is 2.54 bits per heavy atom. The molecule has 0 saturated heterocycles. The quantitative estimate of drug-likeness (QED) is 0.147. The zero-order valence-electron chi connectivity index (χ0n) is 25.4. The predicted octanol–water partition coefficient (Wildman–Crippen LogP) is 8.08. The van der Waals surface area contributed by atoms with E-state index in [1.54, 1.807) is 11.8 Å². The van der Waals surface area contributed by atoms with E-state index in [1.807, 2.05) is 48.3 Å². The summed E-state index contributed by atoms with van der Waals surface area (Å²) >= 11 is 3.65. The summed E-state index contributed by atoms with van der Waals surface area (Å²) in [6.45, 7) is 4.82. The first-order valence-corrected chi connectivity index (χ1v) is 17.8. The number of carbonyl (C=O) groups excluding carboxylic acids is 2. The smallest absolute Gasteiger partial charge is 0.328 e. The van der Waals surface area contributed by atoms with Gasteiger partial charge in [0.15, 0.2) is 0 Å². The second-order valence-corrected chi connectivity index (χ2v) is 13.3. The zero-order chi connectivity index (χ0) is 29.5. The molecule has 2 aromatic rings. The molecule has 226 valence electrons. The van der Waals surface area contributed by atoms with E-state index in [-0.39, 0.29) is 12.0 Å². The third kappa shape index (κ3) is 11.0. The van der Waals surface area contributed by atoms with Crippen LogP contribution in [0.4, 0.5) is 0 Å². The average Bonchev–Trinajstić information content (AvgIpc) is 3.00. The maximum absolute atomic E-state index is 13.6. The summed E-state index contributed by atoms with van der Waals surface area (Å²) in [5, 5.41) is 2.94. The highest BCUT2D eigenvalue weighted by Gasteiger charge is 2.24. The predicted molar refractivity (Wildman–Crippen MR) is 175 cm³/mol. The van der Waals surface area contributed by atoms with E-state index in [0.29, 0.717) is 18.6 Å². The standard InChI is InChI=1S/C34H49NO4S2/c1-5-6-19-41-24-28(21-26-13-8-7-9-14-26)39-23-27-16-17-30(31(22-27)29-15-11-10-12-25(29)2)33(36)35-32(18-20-40-4)34(37)38-3/h10-12,15-17,22,26,28,32H,5-9,13-14,18-21,23-24H2,1-4H3,(H,35,36)/t28-,32-/m0/s1. The van der Waals surface area contributed by atoms with Crippen LogP contribution < -0.4 is 5.32 Å². The lowest BCUT2D eigenvalue weighted by Gasteiger charge is -2.27. The van der Waals surface area contributed by atoms with Crippen molar-refractivity contribution in [3.05, 3.63) is 59.2 Å². The summed E-state index contributed by atoms with van der Waals surface area (Å²) in [6.07, 6.45) is 13.0. The summed E-state index contributed by atoms with van der Waals surface area (Å²) in [6, 6.07) is 13.4. The molecule has 1 saturated carbocycles. The monoisotopic (exact) mass is 599 g/mol. The number of rotatable bonds is 17. The van der Waals surface area contributed by atoms with E-state index in [9.17, 15) is 9.59 Å². The van der Waals surface area contributed by atoms with Gasteiger partial charge in [0.25, 0.3) is 5.91 Å². The molecule has 7 heteroatoms. The molecule has 1 amide bonds. The Labute approximate surface area is 256 Å². The molecule has 1 aliphatic rings. The molecule has 0 spiro atoms. The van der Waals surface area contributed by atoms with Crippen LogP contribution in [0.1, 0.15) is 86.2 Å². The Morgan fingerprint density at radius 2 is 1.83 bits per heavy atom. The van der Waals surface area contributed by atoms with E-state index in [0.717, 1.165) is 46.1 Å². The van der Waals surface area contributed by atoms with E-state index in [1.165, 1.54) is 57.8 Å². The Bertz CT molecular complexity index is 1090. The van der Waals surface area contributed by atoms with E-state index >= 15 is 0 Å². The number of esters is 1. The van der Waals surface area contributed by atoms with Gasteiger partial charge in [0.1, 0.15) is 6.04 Å². The molecule has 0 bridgehead atoms. The zero-order valence-corrected chi connectivity index (χ0v) is 27.0. The lowest BCUT2D eigenvalue weighted by Crippen LogP contribution is -2.42. The van der Waals surface area contributed by atoms with Gasteiger partial charge in [0, 0.05) is 11.3 Å². The number of methoxy groups -OCH3 is 1. The van der Waals surface area contributed by atoms with Crippen molar-refractivity contribution in [2.45, 2.75) is 90.4 Å². The molecule has 0 radical (unpaired) electrons. The number of unbranched alkanes of at least 4 members (excludes halogenated alkanes) is 1. The van der Waals surface area contributed by atoms with Gasteiger partial charge in [-0.15, -0.1) is 0 Å². The van der Waals surface area contributed by atoms with Crippen LogP contribution in [0.15, 0.2) is 42.5 Å². The van der Waals surface area contributed by atoms with E-state index in [2.05, 4.69) is 31.3 Å². The van der Waals surface area contributed by atoms with E-state index in [4.69, 9.17) is 9.47 Å². The number of ether oxygens (including phenoxy) is 2. The van der Waals surface area contributed by atoms with Crippen molar-refractivity contribution in [3.63, 3.8) is 0 Å². The Kier molecular flexibility index (Phi) is 15.2. The van der Waals surface area contributed by atoms with Crippen LogP contribution in [0.3, 0.4) is 0 Å². The second-order valence-electron chi connectivity index (χ2n) is 11.1. The molecule has 1 aliphatic carbocycles. The van der Waals surface area contributed by atoms with Crippen molar-refractivity contribution in [2.24, 2.45) is 5.92 Å². The molecule has 5 nitrogen and oxygen atoms in total. The van der Waals surface area contributed by atoms with E-state index < -0.39 is 12.0 Å². The van der Waals surface area contributed by atoms with Gasteiger partial charge in [-0.05, 0) is 84.3 Å². The number of carbonyl (C=O) groups is 2. The number of amides is 1. The summed E-state index contributed by atoms with van der Waals surface area (Å²) in [5.74, 6) is 3.05. The maximum atomic E-state index is 13.6. The Balaban J connectivity index is 1.81. The van der Waals surface area contributed by atoms with Crippen molar-refractivity contribution in [2.75, 3.05) is 30.6 Å². The van der Waals surface area contributed by atoms with Crippen LogP contribution in [-0.2, 0) is 20.9 Å². The Hall–Kier alpha value is -1.96. The fraction of sp³-hybridized carbons (Fsp3) is 0.588. The first kappa shape index (κ1) is 33.5. The topological polar surface area (TPSA) is 64.6 Å². The first-order chi connectivity index (χ1) is 20.0. The third-order valence-electron chi connectivity index (χ3n) is 7.92. The van der Waals surface area contributed by atoms with Gasteiger partial charge < -0.3 is 14.8 Å². The van der Waals surface area contributed by atoms with Crippen LogP contribution in [0.2, 0.25) is 0 Å². The van der Waals surface area contributed by atoms with Crippen molar-refractivity contribution >= 4 is 35.4 Å². The molecule has 0 heterocycles. The fourth-order valence-corrected chi connectivity index (χ4v) is 7.12. The van der Waals surface area contributed by atoms with Crippen LogP contribution in [0.5, 0.6) is 0 Å². The molecular formula is C34H49NO4S2. The molecule has 1 N–H and O–H groups in total. The van der Waals surface area contributed by atoms with Crippen molar-refractivity contribution < 1.29 is 19.1 Å². The minimum atomic E-state index is -0.682. The molecule has 0 aromatic heterocycles. The normalized spacial score (nSPS) is 15.3. The van der Waals surface area contributed by atoms with Gasteiger partial charge in [0.05, 0.1) is 19.8 Å². The van der Waals surface area contributed by atoms with Gasteiger partial charge in [-0.25, -0.2) is 4.79 Å². The van der Waals surface area contributed by atoms with Gasteiger partial charge in [-0.2, -0.15) is 23.5 Å². The summed E-state index contributed by atoms with van der Waals surface area (Å²) in [4.78, 5) is 25.9. The van der Waals surface area contributed by atoms with Gasteiger partial charge in [-0.1, -0.05) is 75.8 Å². The Morgan fingerprint density at radius 1 is 1.05 bits per heavy atom. The van der Waals surface area contributed by atoms with Gasteiger partial charge in [0.2, 0.25) is 0 Å². The molecule has 3 rings (SSSR count). The fourth-order valence-electron chi connectivity index (χ4n) is 5.49. The number of hydrogen-bond acceptors (Lipinski definition) is 6. The highest BCUT2D eigenvalue weighted by Crippen LogP contribution is 2.31. The van der Waals surface area contributed by atoms with Crippen molar-refractivity contribution in [1.29, 1.82) is 0 Å². The number of hydrogen-bond donors (Lipinski definition) is 1. The maximum Gasteiger partial charge on any atom is 0.328 e. The number of aryl methyl sites for hydroxylation is 1. The van der Waals surface area contributed by atoms with Crippen molar-refractivity contribution in [3.8, 4) is 11.1 Å².